The number of halogens is 2. The first-order valence-corrected chi connectivity index (χ1v) is 5.95. The van der Waals surface area contributed by atoms with Crippen LogP contribution in [0.1, 0.15) is 19.8 Å². The molecule has 0 aliphatic carbocycles. The number of hydrogen-bond acceptors (Lipinski definition) is 3. The molecule has 16 heavy (non-hydrogen) atoms. The highest BCUT2D eigenvalue weighted by atomic mass is 79.9. The second-order valence-corrected chi connectivity index (χ2v) is 4.70. The van der Waals surface area contributed by atoms with E-state index in [-0.39, 0.29) is 17.5 Å². The van der Waals surface area contributed by atoms with Gasteiger partial charge in [-0.1, -0.05) is 11.6 Å². The van der Waals surface area contributed by atoms with Gasteiger partial charge in [0.15, 0.2) is 5.15 Å². The minimum absolute atomic E-state index is 0.192. The Morgan fingerprint density at radius 2 is 2.44 bits per heavy atom. The summed E-state index contributed by atoms with van der Waals surface area (Å²) in [4.78, 5) is 15.3. The average Bonchev–Trinajstić information content (AvgIpc) is 2.20. The molecule has 0 aliphatic rings. The number of nitrogens with one attached hydrogen (secondary N) is 1. The summed E-state index contributed by atoms with van der Waals surface area (Å²) in [6.45, 7) is 1.64. The molecule has 2 N–H and O–H groups in total. The molecule has 0 aromatic carbocycles. The molecular formula is C10H12BrClN2O2. The third-order valence-corrected chi connectivity index (χ3v) is 2.60. The van der Waals surface area contributed by atoms with Crippen LogP contribution in [0.15, 0.2) is 16.7 Å². The van der Waals surface area contributed by atoms with Crippen LogP contribution < -0.4 is 5.32 Å². The van der Waals surface area contributed by atoms with E-state index in [4.69, 9.17) is 16.7 Å². The van der Waals surface area contributed by atoms with Gasteiger partial charge >= 0.3 is 0 Å². The topological polar surface area (TPSA) is 62.2 Å². The fourth-order valence-corrected chi connectivity index (χ4v) is 1.54. The lowest BCUT2D eigenvalue weighted by molar-refractivity contribution is -0.116. The number of nitrogens with zero attached hydrogens (tertiary/aromatic N) is 1. The van der Waals surface area contributed by atoms with Crippen molar-refractivity contribution in [3.05, 3.63) is 21.9 Å². The van der Waals surface area contributed by atoms with Crippen molar-refractivity contribution < 1.29 is 9.90 Å². The van der Waals surface area contributed by atoms with E-state index in [2.05, 4.69) is 26.2 Å². The van der Waals surface area contributed by atoms with Gasteiger partial charge in [-0.15, -0.1) is 0 Å². The normalized spacial score (nSPS) is 12.2. The monoisotopic (exact) mass is 306 g/mol. The average molecular weight is 308 g/mol. The van der Waals surface area contributed by atoms with Crippen molar-refractivity contribution in [3.63, 3.8) is 0 Å². The Labute approximate surface area is 107 Å². The molecule has 4 nitrogen and oxygen atoms in total. The number of carbonyl (C=O) groups excluding carboxylic acids is 1. The summed E-state index contributed by atoms with van der Waals surface area (Å²) < 4.78 is 0.739. The molecule has 1 rings (SSSR count). The highest BCUT2D eigenvalue weighted by Gasteiger charge is 2.08. The van der Waals surface area contributed by atoms with Crippen molar-refractivity contribution in [2.45, 2.75) is 25.9 Å². The first-order chi connectivity index (χ1) is 7.49. The van der Waals surface area contributed by atoms with Gasteiger partial charge in [-0.2, -0.15) is 0 Å². The number of hydrogen-bond donors (Lipinski definition) is 2. The zero-order chi connectivity index (χ0) is 12.1. The van der Waals surface area contributed by atoms with Crippen molar-refractivity contribution >= 4 is 39.1 Å². The molecule has 0 aliphatic heterocycles. The summed E-state index contributed by atoms with van der Waals surface area (Å²) in [6.07, 6.45) is 1.74. The van der Waals surface area contributed by atoms with E-state index in [1.807, 2.05) is 0 Å². The maximum Gasteiger partial charge on any atom is 0.224 e. The van der Waals surface area contributed by atoms with Crippen LogP contribution in [0.25, 0.3) is 0 Å². The predicted molar refractivity (Wildman–Crippen MR) is 66.5 cm³/mol. The van der Waals surface area contributed by atoms with Gasteiger partial charge in [0.1, 0.15) is 0 Å². The smallest absolute Gasteiger partial charge is 0.224 e. The number of pyridine rings is 1. The maximum atomic E-state index is 11.5. The van der Waals surface area contributed by atoms with Gasteiger partial charge in [-0.05, 0) is 35.3 Å². The number of aromatic nitrogens is 1. The van der Waals surface area contributed by atoms with Crippen molar-refractivity contribution in [1.82, 2.24) is 4.98 Å². The van der Waals surface area contributed by atoms with Gasteiger partial charge in [0, 0.05) is 17.1 Å². The first-order valence-electron chi connectivity index (χ1n) is 4.78. The van der Waals surface area contributed by atoms with Gasteiger partial charge in [0.2, 0.25) is 5.91 Å². The Hall–Kier alpha value is -0.650. The number of anilines is 1. The van der Waals surface area contributed by atoms with Crippen LogP contribution in [0.5, 0.6) is 0 Å². The fraction of sp³-hybridized carbons (Fsp3) is 0.400. The zero-order valence-corrected chi connectivity index (χ0v) is 11.0. The largest absolute Gasteiger partial charge is 0.393 e. The molecular weight excluding hydrogens is 295 g/mol. The molecule has 0 fully saturated rings. The molecule has 1 unspecified atom stereocenters. The van der Waals surface area contributed by atoms with E-state index in [0.29, 0.717) is 12.1 Å². The van der Waals surface area contributed by atoms with E-state index in [1.165, 1.54) is 0 Å². The highest BCUT2D eigenvalue weighted by Crippen LogP contribution is 2.23. The highest BCUT2D eigenvalue weighted by molar-refractivity contribution is 9.10. The molecule has 1 aromatic heterocycles. The van der Waals surface area contributed by atoms with Gasteiger partial charge in [-0.3, -0.25) is 4.79 Å². The van der Waals surface area contributed by atoms with Crippen LogP contribution in [0.3, 0.4) is 0 Å². The Bertz CT molecular complexity index is 385. The fourth-order valence-electron chi connectivity index (χ4n) is 1.06. The summed E-state index contributed by atoms with van der Waals surface area (Å²) in [7, 11) is 0. The molecule has 1 heterocycles. The molecule has 0 saturated heterocycles. The molecule has 6 heteroatoms. The lowest BCUT2D eigenvalue weighted by atomic mass is 10.2. The van der Waals surface area contributed by atoms with Gasteiger partial charge in [-0.25, -0.2) is 4.98 Å². The van der Waals surface area contributed by atoms with E-state index < -0.39 is 6.10 Å². The van der Waals surface area contributed by atoms with Crippen LogP contribution in [0.4, 0.5) is 5.69 Å². The van der Waals surface area contributed by atoms with E-state index in [9.17, 15) is 4.79 Å². The third kappa shape index (κ3) is 4.47. The van der Waals surface area contributed by atoms with Crippen molar-refractivity contribution in [2.24, 2.45) is 0 Å². The molecule has 0 bridgehead atoms. The molecule has 1 amide bonds. The van der Waals surface area contributed by atoms with Gasteiger partial charge in [0.05, 0.1) is 11.8 Å². The van der Waals surface area contributed by atoms with Crippen molar-refractivity contribution in [3.8, 4) is 0 Å². The van der Waals surface area contributed by atoms with Gasteiger partial charge in [0.25, 0.3) is 0 Å². The van der Waals surface area contributed by atoms with Crippen LogP contribution in [-0.2, 0) is 4.79 Å². The maximum absolute atomic E-state index is 11.5. The second-order valence-electron chi connectivity index (χ2n) is 3.43. The van der Waals surface area contributed by atoms with Crippen LogP contribution in [0.2, 0.25) is 5.15 Å². The summed E-state index contributed by atoms with van der Waals surface area (Å²) in [6, 6.07) is 1.68. The lowest BCUT2D eigenvalue weighted by Gasteiger charge is -2.07. The Morgan fingerprint density at radius 3 is 3.06 bits per heavy atom. The molecule has 0 spiro atoms. The number of aliphatic hydroxyl groups is 1. The molecule has 0 saturated carbocycles. The minimum atomic E-state index is -0.484. The Kier molecular flexibility index (Phi) is 5.18. The van der Waals surface area contributed by atoms with Crippen molar-refractivity contribution in [1.29, 1.82) is 0 Å². The minimum Gasteiger partial charge on any atom is -0.393 e. The lowest BCUT2D eigenvalue weighted by Crippen LogP contribution is -2.14. The number of rotatable bonds is 4. The Morgan fingerprint density at radius 1 is 1.75 bits per heavy atom. The summed E-state index contributed by atoms with van der Waals surface area (Å²) in [5.41, 5.74) is 0.464. The Balaban J connectivity index is 2.59. The standard InChI is InChI=1S/C10H12BrClN2O2/c1-6(15)2-3-9(16)14-8-4-7(11)5-13-10(8)12/h4-6,15H,2-3H2,1H3,(H,14,16). The summed E-state index contributed by atoms with van der Waals surface area (Å²) in [5.74, 6) is -0.192. The zero-order valence-electron chi connectivity index (χ0n) is 8.70. The van der Waals surface area contributed by atoms with Crippen molar-refractivity contribution in [2.75, 3.05) is 5.32 Å². The second kappa shape index (κ2) is 6.18. The predicted octanol–water partition coefficient (Wildman–Crippen LogP) is 2.60. The summed E-state index contributed by atoms with van der Waals surface area (Å²) >= 11 is 9.04. The third-order valence-electron chi connectivity index (χ3n) is 1.87. The van der Waals surface area contributed by atoms with E-state index in [1.54, 1.807) is 19.2 Å². The number of carbonyl (C=O) groups is 1. The summed E-state index contributed by atoms with van der Waals surface area (Å²) in [5, 5.41) is 11.9. The molecule has 0 radical (unpaired) electrons. The number of aliphatic hydroxyl groups excluding tert-OH is 1. The van der Waals surface area contributed by atoms with Crippen LogP contribution >= 0.6 is 27.5 Å². The molecule has 1 atom stereocenters. The first kappa shape index (κ1) is 13.4. The van der Waals surface area contributed by atoms with Gasteiger partial charge < -0.3 is 10.4 Å². The van der Waals surface area contributed by atoms with E-state index >= 15 is 0 Å². The molecule has 1 aromatic rings. The number of amides is 1. The quantitative estimate of drug-likeness (QED) is 0.841. The van der Waals surface area contributed by atoms with Crippen LogP contribution in [-0.4, -0.2) is 22.1 Å². The SMILES string of the molecule is CC(O)CCC(=O)Nc1cc(Br)cnc1Cl. The van der Waals surface area contributed by atoms with Crippen LogP contribution in [0, 0.1) is 0 Å². The van der Waals surface area contributed by atoms with E-state index in [0.717, 1.165) is 4.47 Å². The molecule has 88 valence electrons.